The molecule has 0 spiro atoms. The first-order valence-corrected chi connectivity index (χ1v) is 6.89. The minimum atomic E-state index is 0.378. The first-order chi connectivity index (χ1) is 9.24. The third-order valence-corrected chi connectivity index (χ3v) is 3.76. The Balaban J connectivity index is 2.05. The molecule has 0 aromatic heterocycles. The monoisotopic (exact) mass is 264 g/mol. The summed E-state index contributed by atoms with van der Waals surface area (Å²) < 4.78 is 10.7. The largest absolute Gasteiger partial charge is 0.496 e. The van der Waals surface area contributed by atoms with Gasteiger partial charge in [-0.1, -0.05) is 12.1 Å². The van der Waals surface area contributed by atoms with Crippen LogP contribution in [0.25, 0.3) is 0 Å². The van der Waals surface area contributed by atoms with Crippen LogP contribution in [0.1, 0.15) is 17.0 Å². The Labute approximate surface area is 115 Å². The van der Waals surface area contributed by atoms with Crippen molar-refractivity contribution in [2.45, 2.75) is 12.8 Å². The van der Waals surface area contributed by atoms with Crippen LogP contribution in [-0.2, 0) is 4.74 Å². The second-order valence-electron chi connectivity index (χ2n) is 5.07. The molecule has 0 saturated carbocycles. The number of nitrogens with zero attached hydrogens (tertiary/aromatic N) is 1. The fourth-order valence-electron chi connectivity index (χ4n) is 2.57. The maximum atomic E-state index is 5.95. The number of morpholine rings is 1. The third kappa shape index (κ3) is 3.69. The zero-order valence-corrected chi connectivity index (χ0v) is 11.9. The van der Waals surface area contributed by atoms with Gasteiger partial charge in [0.05, 0.1) is 20.3 Å². The highest BCUT2D eigenvalue weighted by molar-refractivity contribution is 5.37. The molecule has 19 heavy (non-hydrogen) atoms. The molecule has 106 valence electrons. The van der Waals surface area contributed by atoms with E-state index in [0.29, 0.717) is 12.5 Å². The van der Waals surface area contributed by atoms with Crippen LogP contribution in [0.2, 0.25) is 0 Å². The van der Waals surface area contributed by atoms with E-state index in [1.54, 1.807) is 7.11 Å². The molecule has 1 heterocycles. The highest BCUT2D eigenvalue weighted by atomic mass is 16.5. The minimum Gasteiger partial charge on any atom is -0.496 e. The number of rotatable bonds is 5. The van der Waals surface area contributed by atoms with Crippen molar-refractivity contribution in [1.82, 2.24) is 4.90 Å². The molecule has 0 bridgehead atoms. The summed E-state index contributed by atoms with van der Waals surface area (Å²) in [5.74, 6) is 1.31. The van der Waals surface area contributed by atoms with E-state index in [1.165, 1.54) is 11.1 Å². The number of benzene rings is 1. The van der Waals surface area contributed by atoms with Crippen LogP contribution in [0.4, 0.5) is 0 Å². The molecule has 0 aliphatic carbocycles. The molecule has 1 aliphatic heterocycles. The minimum absolute atomic E-state index is 0.378. The lowest BCUT2D eigenvalue weighted by molar-refractivity contribution is 0.0353. The standard InChI is InChI=1S/C15H24N2O2/c1-12-9-13(3-4-15(12)18-2)14(10-16)11-17-5-7-19-8-6-17/h3-4,9,14H,5-8,10-11,16H2,1-2H3. The Bertz CT molecular complexity index is 403. The van der Waals surface area contributed by atoms with E-state index in [4.69, 9.17) is 15.2 Å². The maximum Gasteiger partial charge on any atom is 0.121 e. The second-order valence-corrected chi connectivity index (χ2v) is 5.07. The Kier molecular flexibility index (Phi) is 5.19. The lowest BCUT2D eigenvalue weighted by Crippen LogP contribution is -2.40. The van der Waals surface area contributed by atoms with E-state index >= 15 is 0 Å². The fraction of sp³-hybridized carbons (Fsp3) is 0.600. The van der Waals surface area contributed by atoms with Gasteiger partial charge in [0, 0.05) is 32.1 Å². The average Bonchev–Trinajstić information content (AvgIpc) is 2.46. The topological polar surface area (TPSA) is 47.7 Å². The average molecular weight is 264 g/mol. The molecule has 1 saturated heterocycles. The van der Waals surface area contributed by atoms with Gasteiger partial charge in [0.1, 0.15) is 5.75 Å². The van der Waals surface area contributed by atoms with Crippen LogP contribution in [-0.4, -0.2) is 51.4 Å². The smallest absolute Gasteiger partial charge is 0.121 e. The van der Waals surface area contributed by atoms with Crippen molar-refractivity contribution in [2.24, 2.45) is 5.73 Å². The Hall–Kier alpha value is -1.10. The SMILES string of the molecule is COc1ccc(C(CN)CN2CCOCC2)cc1C. The number of hydrogen-bond donors (Lipinski definition) is 1. The maximum absolute atomic E-state index is 5.95. The van der Waals surface area contributed by atoms with Gasteiger partial charge in [-0.25, -0.2) is 0 Å². The number of ether oxygens (including phenoxy) is 2. The van der Waals surface area contributed by atoms with E-state index in [1.807, 2.05) is 6.07 Å². The van der Waals surface area contributed by atoms with Crippen LogP contribution >= 0.6 is 0 Å². The van der Waals surface area contributed by atoms with Gasteiger partial charge in [0.15, 0.2) is 0 Å². The summed E-state index contributed by atoms with van der Waals surface area (Å²) in [4.78, 5) is 2.43. The Morgan fingerprint density at radius 1 is 1.37 bits per heavy atom. The van der Waals surface area contributed by atoms with Gasteiger partial charge in [-0.05, 0) is 24.1 Å². The quantitative estimate of drug-likeness (QED) is 0.873. The zero-order valence-electron chi connectivity index (χ0n) is 11.9. The molecule has 1 aromatic carbocycles. The molecule has 4 heteroatoms. The van der Waals surface area contributed by atoms with Crippen LogP contribution in [0.15, 0.2) is 18.2 Å². The summed E-state index contributed by atoms with van der Waals surface area (Å²) >= 11 is 0. The van der Waals surface area contributed by atoms with Gasteiger partial charge in [-0.15, -0.1) is 0 Å². The lowest BCUT2D eigenvalue weighted by Gasteiger charge is -2.30. The van der Waals surface area contributed by atoms with Crippen molar-refractivity contribution in [3.05, 3.63) is 29.3 Å². The molecule has 1 aromatic rings. The summed E-state index contributed by atoms with van der Waals surface area (Å²) in [5, 5.41) is 0. The zero-order chi connectivity index (χ0) is 13.7. The number of nitrogens with two attached hydrogens (primary N) is 1. The summed E-state index contributed by atoms with van der Waals surface area (Å²) in [6.45, 7) is 7.43. The normalized spacial score (nSPS) is 18.3. The molecular formula is C15H24N2O2. The van der Waals surface area contributed by atoms with Gasteiger partial charge < -0.3 is 15.2 Å². The Morgan fingerprint density at radius 2 is 2.11 bits per heavy atom. The van der Waals surface area contributed by atoms with Gasteiger partial charge >= 0.3 is 0 Å². The number of hydrogen-bond acceptors (Lipinski definition) is 4. The van der Waals surface area contributed by atoms with Crippen molar-refractivity contribution in [1.29, 1.82) is 0 Å². The molecule has 2 N–H and O–H groups in total. The molecule has 0 radical (unpaired) electrons. The van der Waals surface area contributed by atoms with E-state index in [2.05, 4.69) is 24.0 Å². The molecule has 1 fully saturated rings. The predicted octanol–water partition coefficient (Wildman–Crippen LogP) is 1.38. The van der Waals surface area contributed by atoms with Gasteiger partial charge in [-0.3, -0.25) is 4.90 Å². The predicted molar refractivity (Wildman–Crippen MR) is 76.8 cm³/mol. The highest BCUT2D eigenvalue weighted by Gasteiger charge is 2.17. The van der Waals surface area contributed by atoms with Crippen molar-refractivity contribution in [3.8, 4) is 5.75 Å². The molecule has 1 aliphatic rings. The van der Waals surface area contributed by atoms with E-state index in [0.717, 1.165) is 38.6 Å². The molecule has 1 unspecified atom stereocenters. The summed E-state index contributed by atoms with van der Waals surface area (Å²) in [6, 6.07) is 6.35. The lowest BCUT2D eigenvalue weighted by atomic mass is 9.96. The van der Waals surface area contributed by atoms with Crippen molar-refractivity contribution >= 4 is 0 Å². The molecule has 4 nitrogen and oxygen atoms in total. The van der Waals surface area contributed by atoms with E-state index < -0.39 is 0 Å². The van der Waals surface area contributed by atoms with Crippen molar-refractivity contribution in [2.75, 3.05) is 46.5 Å². The summed E-state index contributed by atoms with van der Waals surface area (Å²) in [5.41, 5.74) is 8.42. The van der Waals surface area contributed by atoms with Gasteiger partial charge in [0.2, 0.25) is 0 Å². The number of methoxy groups -OCH3 is 1. The molecule has 2 rings (SSSR count). The fourth-order valence-corrected chi connectivity index (χ4v) is 2.57. The molecular weight excluding hydrogens is 240 g/mol. The summed E-state index contributed by atoms with van der Waals surface area (Å²) in [6.07, 6.45) is 0. The second kappa shape index (κ2) is 6.89. The molecule has 0 amide bonds. The van der Waals surface area contributed by atoms with Crippen molar-refractivity contribution in [3.63, 3.8) is 0 Å². The van der Waals surface area contributed by atoms with Crippen LogP contribution < -0.4 is 10.5 Å². The van der Waals surface area contributed by atoms with Crippen LogP contribution in [0, 0.1) is 6.92 Å². The third-order valence-electron chi connectivity index (χ3n) is 3.76. The number of aryl methyl sites for hydroxylation is 1. The van der Waals surface area contributed by atoms with Crippen LogP contribution in [0.5, 0.6) is 5.75 Å². The Morgan fingerprint density at radius 3 is 2.68 bits per heavy atom. The first kappa shape index (κ1) is 14.3. The van der Waals surface area contributed by atoms with Gasteiger partial charge in [0.25, 0.3) is 0 Å². The van der Waals surface area contributed by atoms with Crippen LogP contribution in [0.3, 0.4) is 0 Å². The van der Waals surface area contributed by atoms with Gasteiger partial charge in [-0.2, -0.15) is 0 Å². The highest BCUT2D eigenvalue weighted by Crippen LogP contribution is 2.24. The summed E-state index contributed by atoms with van der Waals surface area (Å²) in [7, 11) is 1.70. The van der Waals surface area contributed by atoms with E-state index in [-0.39, 0.29) is 0 Å². The van der Waals surface area contributed by atoms with Crippen molar-refractivity contribution < 1.29 is 9.47 Å². The first-order valence-electron chi connectivity index (χ1n) is 6.89. The van der Waals surface area contributed by atoms with E-state index in [9.17, 15) is 0 Å². The molecule has 1 atom stereocenters.